The first kappa shape index (κ1) is 22.7. The first-order chi connectivity index (χ1) is 11.4. The Balaban J connectivity index is 5.39. The van der Waals surface area contributed by atoms with Crippen molar-refractivity contribution in [3.63, 3.8) is 0 Å². The summed E-state index contributed by atoms with van der Waals surface area (Å²) in [6, 6.07) is 0. The Labute approximate surface area is 147 Å². The quantitative estimate of drug-likeness (QED) is 0.400. The molecule has 0 aromatic heterocycles. The first-order valence-corrected chi connectivity index (χ1v) is 9.59. The molecule has 0 heterocycles. The second kappa shape index (κ2) is 13.0. The predicted octanol–water partition coefficient (Wildman–Crippen LogP) is 5.67. The number of hydrogen-bond donors (Lipinski definition) is 2. The van der Waals surface area contributed by atoms with E-state index in [-0.39, 0.29) is 23.0 Å². The molecule has 140 valence electrons. The molecule has 0 fully saturated rings. The van der Waals surface area contributed by atoms with Gasteiger partial charge in [-0.15, -0.1) is 0 Å². The fourth-order valence-corrected chi connectivity index (χ4v) is 3.14. The van der Waals surface area contributed by atoms with E-state index in [1.807, 2.05) is 0 Å². The molecule has 0 aliphatic rings. The Morgan fingerprint density at radius 1 is 0.708 bits per heavy atom. The number of carboxylic acids is 2. The molecule has 0 aliphatic heterocycles. The van der Waals surface area contributed by atoms with E-state index in [0.717, 1.165) is 51.4 Å². The molecule has 0 saturated carbocycles. The number of unbranched alkanes of at least 4 members (excludes halogenated alkanes) is 2. The maximum Gasteiger partial charge on any atom is 0.332 e. The molecule has 0 rings (SSSR count). The summed E-state index contributed by atoms with van der Waals surface area (Å²) >= 11 is 0. The zero-order chi connectivity index (χ0) is 18.5. The van der Waals surface area contributed by atoms with E-state index in [9.17, 15) is 19.8 Å². The highest BCUT2D eigenvalue weighted by atomic mass is 16.4. The van der Waals surface area contributed by atoms with Crippen LogP contribution in [-0.4, -0.2) is 22.2 Å². The lowest BCUT2D eigenvalue weighted by atomic mass is 9.85. The molecule has 0 aromatic carbocycles. The summed E-state index contributed by atoms with van der Waals surface area (Å²) in [5.41, 5.74) is 0.251. The fourth-order valence-electron chi connectivity index (χ4n) is 3.14. The molecule has 4 heteroatoms. The van der Waals surface area contributed by atoms with Gasteiger partial charge in [0.15, 0.2) is 0 Å². The normalized spacial score (nSPS) is 14.8. The topological polar surface area (TPSA) is 74.6 Å². The van der Waals surface area contributed by atoms with Crippen LogP contribution < -0.4 is 0 Å². The Hall–Kier alpha value is -1.32. The lowest BCUT2D eigenvalue weighted by Gasteiger charge is -2.19. The van der Waals surface area contributed by atoms with Crippen molar-refractivity contribution in [1.29, 1.82) is 0 Å². The summed E-state index contributed by atoms with van der Waals surface area (Å²) in [6.45, 7) is 8.33. The van der Waals surface area contributed by atoms with Crippen molar-refractivity contribution in [3.8, 4) is 0 Å². The number of aliphatic carboxylic acids is 2. The molecule has 2 atom stereocenters. The lowest BCUT2D eigenvalue weighted by Crippen LogP contribution is -2.17. The van der Waals surface area contributed by atoms with Gasteiger partial charge in [0.1, 0.15) is 0 Å². The summed E-state index contributed by atoms with van der Waals surface area (Å²) in [5, 5.41) is 19.2. The summed E-state index contributed by atoms with van der Waals surface area (Å²) < 4.78 is 0. The van der Waals surface area contributed by atoms with Gasteiger partial charge in [-0.1, -0.05) is 79.1 Å². The minimum atomic E-state index is -1.06. The molecule has 24 heavy (non-hydrogen) atoms. The molecule has 0 aliphatic carbocycles. The van der Waals surface area contributed by atoms with E-state index in [1.54, 1.807) is 0 Å². The third-order valence-corrected chi connectivity index (χ3v) is 4.95. The maximum atomic E-state index is 11.7. The van der Waals surface area contributed by atoms with Gasteiger partial charge in [-0.3, -0.25) is 0 Å². The smallest absolute Gasteiger partial charge is 0.332 e. The predicted molar refractivity (Wildman–Crippen MR) is 98.1 cm³/mol. The van der Waals surface area contributed by atoms with Crippen molar-refractivity contribution < 1.29 is 19.8 Å². The molecular formula is C20H36O4. The van der Waals surface area contributed by atoms with Crippen LogP contribution in [0.4, 0.5) is 0 Å². The van der Waals surface area contributed by atoms with Crippen LogP contribution in [0.3, 0.4) is 0 Å². The highest BCUT2D eigenvalue weighted by Gasteiger charge is 2.25. The van der Waals surface area contributed by atoms with Gasteiger partial charge in [-0.25, -0.2) is 9.59 Å². The standard InChI is InChI=1S/C20H36O4/c1-5-9-11-15(7-3)13-17(19(21)22)18(20(23)24)14-16(8-4)12-10-6-2/h15-16H,5-14H2,1-4H3,(H,21,22)(H,23,24)/b18-17+/t15-,16-/m0/s1. The van der Waals surface area contributed by atoms with Crippen molar-refractivity contribution in [2.24, 2.45) is 11.8 Å². The molecule has 0 spiro atoms. The van der Waals surface area contributed by atoms with Crippen molar-refractivity contribution >= 4 is 11.9 Å². The Bertz CT molecular complexity index is 374. The number of carbonyl (C=O) groups is 2. The number of hydrogen-bond acceptors (Lipinski definition) is 2. The minimum Gasteiger partial charge on any atom is -0.478 e. The molecule has 0 radical (unpaired) electrons. The van der Waals surface area contributed by atoms with Crippen LogP contribution in [0, 0.1) is 11.8 Å². The van der Waals surface area contributed by atoms with E-state index in [4.69, 9.17) is 0 Å². The molecule has 0 aromatic rings. The molecule has 0 saturated heterocycles. The van der Waals surface area contributed by atoms with Crippen molar-refractivity contribution in [3.05, 3.63) is 11.1 Å². The van der Waals surface area contributed by atoms with Gasteiger partial charge in [0.25, 0.3) is 0 Å². The van der Waals surface area contributed by atoms with Crippen LogP contribution in [0.25, 0.3) is 0 Å². The largest absolute Gasteiger partial charge is 0.478 e. The molecule has 2 N–H and O–H groups in total. The van der Waals surface area contributed by atoms with Crippen molar-refractivity contribution in [2.45, 2.75) is 91.9 Å². The van der Waals surface area contributed by atoms with Crippen LogP contribution in [0.15, 0.2) is 11.1 Å². The highest BCUT2D eigenvalue weighted by Crippen LogP contribution is 2.29. The van der Waals surface area contributed by atoms with E-state index < -0.39 is 11.9 Å². The summed E-state index contributed by atoms with van der Waals surface area (Å²) in [4.78, 5) is 23.5. The van der Waals surface area contributed by atoms with Crippen LogP contribution in [0.1, 0.15) is 91.9 Å². The van der Waals surface area contributed by atoms with Gasteiger partial charge in [-0.2, -0.15) is 0 Å². The van der Waals surface area contributed by atoms with Gasteiger partial charge >= 0.3 is 11.9 Å². The third kappa shape index (κ3) is 8.51. The second-order valence-corrected chi connectivity index (χ2v) is 6.81. The summed E-state index contributed by atoms with van der Waals surface area (Å²) in [6.07, 6.45) is 8.70. The minimum absolute atomic E-state index is 0.125. The SMILES string of the molecule is CCCC[C@H](CC)C/C(C(=O)O)=C(/C[C@@H](CC)CCCC)C(=O)O. The molecule has 4 nitrogen and oxygen atoms in total. The fraction of sp³-hybridized carbons (Fsp3) is 0.800. The number of carboxylic acid groups (broad SMARTS) is 2. The number of rotatable bonds is 14. The average molecular weight is 341 g/mol. The van der Waals surface area contributed by atoms with Gasteiger partial charge in [0, 0.05) is 11.1 Å². The molecular weight excluding hydrogens is 304 g/mol. The zero-order valence-corrected chi connectivity index (χ0v) is 15.9. The van der Waals surface area contributed by atoms with Crippen molar-refractivity contribution in [1.82, 2.24) is 0 Å². The van der Waals surface area contributed by atoms with Gasteiger partial charge in [0.05, 0.1) is 0 Å². The van der Waals surface area contributed by atoms with Gasteiger partial charge in [0.2, 0.25) is 0 Å². The van der Waals surface area contributed by atoms with Gasteiger partial charge < -0.3 is 10.2 Å². The summed E-state index contributed by atoms with van der Waals surface area (Å²) in [7, 11) is 0. The Kier molecular flexibility index (Phi) is 12.3. The highest BCUT2D eigenvalue weighted by molar-refractivity contribution is 5.98. The molecule has 0 amide bonds. The van der Waals surface area contributed by atoms with E-state index in [1.165, 1.54) is 0 Å². The monoisotopic (exact) mass is 340 g/mol. The second-order valence-electron chi connectivity index (χ2n) is 6.81. The Morgan fingerprint density at radius 3 is 1.25 bits per heavy atom. The Morgan fingerprint density at radius 2 is 1.04 bits per heavy atom. The van der Waals surface area contributed by atoms with Crippen molar-refractivity contribution in [2.75, 3.05) is 0 Å². The maximum absolute atomic E-state index is 11.7. The van der Waals surface area contributed by atoms with E-state index >= 15 is 0 Å². The first-order valence-electron chi connectivity index (χ1n) is 9.59. The third-order valence-electron chi connectivity index (χ3n) is 4.95. The molecule has 0 unspecified atom stereocenters. The summed E-state index contributed by atoms with van der Waals surface area (Å²) in [5.74, 6) is -1.62. The van der Waals surface area contributed by atoms with Crippen LogP contribution in [0.5, 0.6) is 0 Å². The van der Waals surface area contributed by atoms with Gasteiger partial charge in [-0.05, 0) is 24.7 Å². The molecule has 0 bridgehead atoms. The average Bonchev–Trinajstić information content (AvgIpc) is 2.55. The van der Waals surface area contributed by atoms with E-state index in [0.29, 0.717) is 12.8 Å². The lowest BCUT2D eigenvalue weighted by molar-refractivity contribution is -0.136. The van der Waals surface area contributed by atoms with Crippen LogP contribution >= 0.6 is 0 Å². The van der Waals surface area contributed by atoms with Crippen LogP contribution in [-0.2, 0) is 9.59 Å². The van der Waals surface area contributed by atoms with E-state index in [2.05, 4.69) is 27.7 Å². The van der Waals surface area contributed by atoms with Crippen LogP contribution in [0.2, 0.25) is 0 Å². The zero-order valence-electron chi connectivity index (χ0n) is 15.9.